The molecule has 4 nitrogen and oxygen atoms in total. The van der Waals surface area contributed by atoms with E-state index in [0.29, 0.717) is 12.1 Å². The number of hydrogen-bond acceptors (Lipinski definition) is 2. The maximum absolute atomic E-state index is 13.2. The molecule has 2 aromatic rings. The number of carbonyl (C=O) groups is 2. The Hall–Kier alpha value is -2.40. The van der Waals surface area contributed by atoms with Crippen molar-refractivity contribution in [1.82, 2.24) is 10.2 Å². The Morgan fingerprint density at radius 2 is 2.00 bits per heavy atom. The molecule has 0 saturated carbocycles. The van der Waals surface area contributed by atoms with E-state index in [1.54, 1.807) is 11.0 Å². The van der Waals surface area contributed by atoms with Crippen molar-refractivity contribution in [3.05, 3.63) is 70.0 Å². The number of amides is 2. The van der Waals surface area contributed by atoms with Crippen LogP contribution >= 0.6 is 11.6 Å². The van der Waals surface area contributed by atoms with Gasteiger partial charge in [-0.1, -0.05) is 55.8 Å². The zero-order valence-electron chi connectivity index (χ0n) is 15.3. The summed E-state index contributed by atoms with van der Waals surface area (Å²) in [5.41, 5.74) is 2.54. The van der Waals surface area contributed by atoms with Crippen LogP contribution in [0.25, 0.3) is 0 Å². The molecule has 0 aromatic heterocycles. The van der Waals surface area contributed by atoms with Crippen LogP contribution in [0, 0.1) is 11.7 Å². The SMILES string of the molecule is CC(C)C(=O)N1CCc2ccccc2[C@H]1C(=O)NCc1ccc(F)cc1Cl. The summed E-state index contributed by atoms with van der Waals surface area (Å²) in [6.45, 7) is 4.33. The third kappa shape index (κ3) is 4.14. The quantitative estimate of drug-likeness (QED) is 0.864. The minimum absolute atomic E-state index is 0.0514. The van der Waals surface area contributed by atoms with Gasteiger partial charge in [-0.25, -0.2) is 4.39 Å². The minimum Gasteiger partial charge on any atom is -0.350 e. The average molecular weight is 389 g/mol. The van der Waals surface area contributed by atoms with Crippen LogP contribution in [-0.4, -0.2) is 23.3 Å². The molecule has 1 aliphatic rings. The fraction of sp³-hybridized carbons (Fsp3) is 0.333. The lowest BCUT2D eigenvalue weighted by atomic mass is 9.91. The molecular formula is C21H22ClFN2O2. The highest BCUT2D eigenvalue weighted by molar-refractivity contribution is 6.31. The monoisotopic (exact) mass is 388 g/mol. The summed E-state index contributed by atoms with van der Waals surface area (Å²) in [5, 5.41) is 3.11. The van der Waals surface area contributed by atoms with Crippen molar-refractivity contribution in [1.29, 1.82) is 0 Å². The Morgan fingerprint density at radius 1 is 1.26 bits per heavy atom. The van der Waals surface area contributed by atoms with E-state index in [1.165, 1.54) is 12.1 Å². The third-order valence-electron chi connectivity index (χ3n) is 4.78. The molecule has 0 unspecified atom stereocenters. The van der Waals surface area contributed by atoms with Crippen molar-refractivity contribution in [3.8, 4) is 0 Å². The maximum Gasteiger partial charge on any atom is 0.247 e. The van der Waals surface area contributed by atoms with E-state index in [9.17, 15) is 14.0 Å². The molecule has 1 atom stereocenters. The lowest BCUT2D eigenvalue weighted by Crippen LogP contribution is -2.48. The molecule has 27 heavy (non-hydrogen) atoms. The van der Waals surface area contributed by atoms with Gasteiger partial charge in [0.25, 0.3) is 0 Å². The van der Waals surface area contributed by atoms with Gasteiger partial charge in [-0.3, -0.25) is 9.59 Å². The largest absolute Gasteiger partial charge is 0.350 e. The summed E-state index contributed by atoms with van der Waals surface area (Å²) in [4.78, 5) is 27.3. The fourth-order valence-corrected chi connectivity index (χ4v) is 3.60. The fourth-order valence-electron chi connectivity index (χ4n) is 3.36. The summed E-state index contributed by atoms with van der Waals surface area (Å²) in [5.74, 6) is -0.942. The van der Waals surface area contributed by atoms with E-state index >= 15 is 0 Å². The second kappa shape index (κ2) is 8.09. The number of nitrogens with zero attached hydrogens (tertiary/aromatic N) is 1. The topological polar surface area (TPSA) is 49.4 Å². The zero-order valence-corrected chi connectivity index (χ0v) is 16.1. The molecule has 142 valence electrons. The number of nitrogens with one attached hydrogen (secondary N) is 1. The molecule has 3 rings (SSSR count). The van der Waals surface area contributed by atoms with Crippen LogP contribution in [0.4, 0.5) is 4.39 Å². The second-order valence-corrected chi connectivity index (χ2v) is 7.40. The Morgan fingerprint density at radius 3 is 2.70 bits per heavy atom. The van der Waals surface area contributed by atoms with E-state index in [4.69, 9.17) is 11.6 Å². The molecule has 1 heterocycles. The number of benzene rings is 2. The first kappa shape index (κ1) is 19.4. The summed E-state index contributed by atoms with van der Waals surface area (Å²) >= 11 is 6.04. The molecule has 0 bridgehead atoms. The van der Waals surface area contributed by atoms with E-state index < -0.39 is 11.9 Å². The Balaban J connectivity index is 1.85. The van der Waals surface area contributed by atoms with Gasteiger partial charge < -0.3 is 10.2 Å². The van der Waals surface area contributed by atoms with Crippen molar-refractivity contribution in [2.24, 2.45) is 5.92 Å². The van der Waals surface area contributed by atoms with Gasteiger partial charge >= 0.3 is 0 Å². The summed E-state index contributed by atoms with van der Waals surface area (Å²) in [7, 11) is 0. The number of carbonyl (C=O) groups excluding carboxylic acids is 2. The minimum atomic E-state index is -0.677. The first-order valence-electron chi connectivity index (χ1n) is 8.98. The molecular weight excluding hydrogens is 367 g/mol. The maximum atomic E-state index is 13.2. The first-order chi connectivity index (χ1) is 12.9. The molecule has 0 fully saturated rings. The van der Waals surface area contributed by atoms with Crippen LogP contribution in [0.5, 0.6) is 0 Å². The van der Waals surface area contributed by atoms with Gasteiger partial charge in [0, 0.05) is 24.0 Å². The van der Waals surface area contributed by atoms with Gasteiger partial charge in [0.15, 0.2) is 0 Å². The molecule has 0 spiro atoms. The summed E-state index contributed by atoms with van der Waals surface area (Å²) < 4.78 is 13.2. The summed E-state index contributed by atoms with van der Waals surface area (Å²) in [6, 6.07) is 11.1. The molecule has 0 radical (unpaired) electrons. The molecule has 1 aliphatic heterocycles. The van der Waals surface area contributed by atoms with E-state index in [2.05, 4.69) is 5.32 Å². The smallest absolute Gasteiger partial charge is 0.247 e. The highest BCUT2D eigenvalue weighted by Gasteiger charge is 2.36. The highest BCUT2D eigenvalue weighted by atomic mass is 35.5. The van der Waals surface area contributed by atoms with Crippen LogP contribution in [0.15, 0.2) is 42.5 Å². The molecule has 0 aliphatic carbocycles. The molecule has 1 N–H and O–H groups in total. The van der Waals surface area contributed by atoms with Gasteiger partial charge in [-0.05, 0) is 35.2 Å². The Kier molecular flexibility index (Phi) is 5.80. The predicted molar refractivity (Wildman–Crippen MR) is 103 cm³/mol. The van der Waals surface area contributed by atoms with E-state index in [-0.39, 0.29) is 29.3 Å². The van der Waals surface area contributed by atoms with Gasteiger partial charge in [0.05, 0.1) is 0 Å². The van der Waals surface area contributed by atoms with Crippen LogP contribution in [-0.2, 0) is 22.6 Å². The van der Waals surface area contributed by atoms with Gasteiger partial charge in [0.1, 0.15) is 11.9 Å². The predicted octanol–water partition coefficient (Wildman–Crippen LogP) is 3.88. The van der Waals surface area contributed by atoms with Gasteiger partial charge in [-0.15, -0.1) is 0 Å². The number of hydrogen-bond donors (Lipinski definition) is 1. The first-order valence-corrected chi connectivity index (χ1v) is 9.36. The molecule has 2 amide bonds. The lowest BCUT2D eigenvalue weighted by Gasteiger charge is -2.37. The summed E-state index contributed by atoms with van der Waals surface area (Å²) in [6.07, 6.45) is 0.724. The normalized spacial score (nSPS) is 16.2. The van der Waals surface area contributed by atoms with Crippen molar-refractivity contribution in [2.75, 3.05) is 6.54 Å². The van der Waals surface area contributed by atoms with Crippen LogP contribution in [0.1, 0.15) is 36.6 Å². The van der Waals surface area contributed by atoms with Crippen molar-refractivity contribution in [3.63, 3.8) is 0 Å². The van der Waals surface area contributed by atoms with Crippen LogP contribution in [0.2, 0.25) is 5.02 Å². The van der Waals surface area contributed by atoms with Crippen molar-refractivity contribution in [2.45, 2.75) is 32.9 Å². The third-order valence-corrected chi connectivity index (χ3v) is 5.13. The standard InChI is InChI=1S/C21H22ClFN2O2/c1-13(2)21(27)25-10-9-14-5-3-4-6-17(14)19(25)20(26)24-12-15-7-8-16(23)11-18(15)22/h3-8,11,13,19H,9-10,12H2,1-2H3,(H,24,26)/t19-/m0/s1. The molecule has 2 aromatic carbocycles. The Bertz CT molecular complexity index is 869. The van der Waals surface area contributed by atoms with Crippen LogP contribution < -0.4 is 5.32 Å². The van der Waals surface area contributed by atoms with E-state index in [0.717, 1.165) is 17.5 Å². The number of rotatable bonds is 4. The number of fused-ring (bicyclic) bond motifs is 1. The van der Waals surface area contributed by atoms with Crippen molar-refractivity contribution < 1.29 is 14.0 Å². The second-order valence-electron chi connectivity index (χ2n) is 6.99. The van der Waals surface area contributed by atoms with Crippen molar-refractivity contribution >= 4 is 23.4 Å². The average Bonchev–Trinajstić information content (AvgIpc) is 2.65. The lowest BCUT2D eigenvalue weighted by molar-refractivity contribution is -0.143. The number of halogens is 2. The zero-order chi connectivity index (χ0) is 19.6. The molecule has 0 saturated heterocycles. The molecule has 6 heteroatoms. The van der Waals surface area contributed by atoms with E-state index in [1.807, 2.05) is 38.1 Å². The van der Waals surface area contributed by atoms with Crippen LogP contribution in [0.3, 0.4) is 0 Å². The Labute approximate surface area is 163 Å². The van der Waals surface area contributed by atoms with Gasteiger partial charge in [-0.2, -0.15) is 0 Å². The highest BCUT2D eigenvalue weighted by Crippen LogP contribution is 2.31. The van der Waals surface area contributed by atoms with Gasteiger partial charge in [0.2, 0.25) is 11.8 Å².